The molecule has 1 aromatic heterocycles. The number of anilines is 2. The van der Waals surface area contributed by atoms with Crippen LogP contribution in [-0.4, -0.2) is 36.7 Å². The number of aromatic nitrogens is 1. The first-order chi connectivity index (χ1) is 8.27. The summed E-state index contributed by atoms with van der Waals surface area (Å²) >= 11 is 0. The number of rotatable bonds is 2. The first kappa shape index (κ1) is 12.8. The molecular weight excluding hydrogens is 247 g/mol. The maximum atomic E-state index is 13.7. The van der Waals surface area contributed by atoms with Crippen LogP contribution in [-0.2, 0) is 0 Å². The molecule has 0 amide bonds. The van der Waals surface area contributed by atoms with Crippen LogP contribution < -0.4 is 15.8 Å². The van der Waals surface area contributed by atoms with Crippen LogP contribution >= 0.6 is 0 Å². The second-order valence-corrected chi connectivity index (χ2v) is 4.59. The fraction of sp³-hybridized carbons (Fsp3) is 0.545. The van der Waals surface area contributed by atoms with Crippen LogP contribution in [0.2, 0.25) is 0 Å². The van der Waals surface area contributed by atoms with Gasteiger partial charge in [-0.1, -0.05) is 0 Å². The monoisotopic (exact) mass is 261 g/mol. The van der Waals surface area contributed by atoms with E-state index in [-0.39, 0.29) is 5.82 Å². The van der Waals surface area contributed by atoms with Crippen molar-refractivity contribution in [1.82, 2.24) is 4.98 Å². The summed E-state index contributed by atoms with van der Waals surface area (Å²) in [6.07, 6.45) is 0. The summed E-state index contributed by atoms with van der Waals surface area (Å²) in [6, 6.07) is 2.95. The van der Waals surface area contributed by atoms with E-state index in [1.807, 2.05) is 0 Å². The average Bonchev–Trinajstić information content (AvgIpc) is 2.48. The molecule has 18 heavy (non-hydrogen) atoms. The molecule has 1 aliphatic heterocycles. The number of H-pyrrole nitrogens is 1. The molecule has 0 aromatic carbocycles. The molecule has 100 valence electrons. The minimum absolute atomic E-state index is 0.194. The second-order valence-electron chi connectivity index (χ2n) is 4.59. The van der Waals surface area contributed by atoms with Gasteiger partial charge in [-0.2, -0.15) is 0 Å². The molecule has 7 heteroatoms. The summed E-state index contributed by atoms with van der Waals surface area (Å²) < 4.78 is 40.4. The van der Waals surface area contributed by atoms with Crippen LogP contribution in [0.25, 0.3) is 0 Å². The van der Waals surface area contributed by atoms with Crippen molar-refractivity contribution >= 4 is 11.5 Å². The molecule has 0 saturated carbocycles. The third-order valence-electron chi connectivity index (χ3n) is 3.14. The van der Waals surface area contributed by atoms with E-state index in [1.54, 1.807) is 7.05 Å². The summed E-state index contributed by atoms with van der Waals surface area (Å²) in [5.74, 6) is -3.23. The summed E-state index contributed by atoms with van der Waals surface area (Å²) in [5.41, 5.74) is -2.69. The number of pyridine rings is 1. The van der Waals surface area contributed by atoms with E-state index in [4.69, 9.17) is 0 Å². The Morgan fingerprint density at radius 1 is 1.33 bits per heavy atom. The van der Waals surface area contributed by atoms with E-state index in [0.717, 1.165) is 11.8 Å². The largest absolute Gasteiger partial charge is 0.384 e. The van der Waals surface area contributed by atoms with Gasteiger partial charge < -0.3 is 15.2 Å². The molecule has 2 rings (SSSR count). The average molecular weight is 261 g/mol. The van der Waals surface area contributed by atoms with Crippen LogP contribution in [0.3, 0.4) is 0 Å². The Balaban J connectivity index is 2.30. The molecule has 1 saturated heterocycles. The van der Waals surface area contributed by atoms with Gasteiger partial charge in [-0.25, -0.2) is 13.2 Å². The van der Waals surface area contributed by atoms with Crippen molar-refractivity contribution in [3.05, 3.63) is 22.5 Å². The number of halogens is 3. The Labute approximate surface area is 102 Å². The van der Waals surface area contributed by atoms with Crippen LogP contribution in [0.15, 0.2) is 16.9 Å². The molecular formula is C11H14F3N3O. The minimum Gasteiger partial charge on any atom is -0.384 e. The van der Waals surface area contributed by atoms with Gasteiger partial charge >= 0.3 is 0 Å². The van der Waals surface area contributed by atoms with Crippen LogP contribution in [0.1, 0.15) is 6.92 Å². The Morgan fingerprint density at radius 2 is 2.00 bits per heavy atom. The Morgan fingerprint density at radius 3 is 2.44 bits per heavy atom. The Bertz CT molecular complexity index is 497. The molecule has 2 heterocycles. The highest BCUT2D eigenvalue weighted by atomic mass is 19.3. The summed E-state index contributed by atoms with van der Waals surface area (Å²) in [5, 5.41) is 2.66. The summed E-state index contributed by atoms with van der Waals surface area (Å²) in [7, 11) is 1.58. The highest BCUT2D eigenvalue weighted by molar-refractivity contribution is 5.49. The van der Waals surface area contributed by atoms with E-state index in [9.17, 15) is 18.0 Å². The first-order valence-corrected chi connectivity index (χ1v) is 5.49. The molecule has 0 bridgehead atoms. The molecule has 0 aliphatic carbocycles. The molecule has 1 fully saturated rings. The molecule has 1 aromatic rings. The fourth-order valence-corrected chi connectivity index (χ4v) is 1.95. The second kappa shape index (κ2) is 3.93. The predicted octanol–water partition coefficient (Wildman–Crippen LogP) is 1.60. The highest BCUT2D eigenvalue weighted by Crippen LogP contribution is 2.40. The van der Waals surface area contributed by atoms with Crippen molar-refractivity contribution in [3.63, 3.8) is 0 Å². The van der Waals surface area contributed by atoms with Crippen molar-refractivity contribution in [2.24, 2.45) is 0 Å². The van der Waals surface area contributed by atoms with E-state index < -0.39 is 30.2 Å². The lowest BCUT2D eigenvalue weighted by atomic mass is 10.1. The van der Waals surface area contributed by atoms with Gasteiger partial charge in [0.15, 0.2) is 5.67 Å². The third kappa shape index (κ3) is 1.93. The van der Waals surface area contributed by atoms with Crippen LogP contribution in [0.5, 0.6) is 0 Å². The van der Waals surface area contributed by atoms with E-state index in [2.05, 4.69) is 10.3 Å². The van der Waals surface area contributed by atoms with Gasteiger partial charge in [-0.05, 0) is 19.1 Å². The zero-order valence-corrected chi connectivity index (χ0v) is 10.1. The molecule has 2 N–H and O–H groups in total. The van der Waals surface area contributed by atoms with Crippen LogP contribution in [0.4, 0.5) is 24.7 Å². The normalized spacial score (nSPS) is 26.4. The number of hydrogen-bond acceptors (Lipinski definition) is 3. The number of hydrogen-bond donors (Lipinski definition) is 2. The highest BCUT2D eigenvalue weighted by Gasteiger charge is 2.58. The topological polar surface area (TPSA) is 48.1 Å². The van der Waals surface area contributed by atoms with Gasteiger partial charge in [-0.15, -0.1) is 0 Å². The number of nitrogens with zero attached hydrogens (tertiary/aromatic N) is 1. The standard InChI is InChI=1S/C11H14F3N3O/c1-10(12)5-17(6-11(10,13)14)8-4-3-7(15-2)9(18)16-8/h3-4,15H,5-6H2,1-2H3,(H,16,18). The maximum Gasteiger partial charge on any atom is 0.299 e. The van der Waals surface area contributed by atoms with Crippen molar-refractivity contribution in [2.75, 3.05) is 30.4 Å². The molecule has 0 radical (unpaired) electrons. The fourth-order valence-electron chi connectivity index (χ4n) is 1.95. The summed E-state index contributed by atoms with van der Waals surface area (Å²) in [4.78, 5) is 15.1. The lowest BCUT2D eigenvalue weighted by Crippen LogP contribution is -2.39. The van der Waals surface area contributed by atoms with Gasteiger partial charge in [0.1, 0.15) is 11.5 Å². The van der Waals surface area contributed by atoms with E-state index in [1.165, 1.54) is 12.1 Å². The number of aromatic amines is 1. The van der Waals surface area contributed by atoms with Gasteiger partial charge in [0.05, 0.1) is 13.1 Å². The SMILES string of the molecule is CNc1ccc(N2CC(C)(F)C(F)(F)C2)[nH]c1=O. The van der Waals surface area contributed by atoms with Gasteiger partial charge in [-0.3, -0.25) is 4.79 Å². The summed E-state index contributed by atoms with van der Waals surface area (Å²) in [6.45, 7) is -0.323. The zero-order valence-electron chi connectivity index (χ0n) is 10.1. The predicted molar refractivity (Wildman–Crippen MR) is 63.3 cm³/mol. The van der Waals surface area contributed by atoms with Crippen molar-refractivity contribution in [3.8, 4) is 0 Å². The van der Waals surface area contributed by atoms with Crippen LogP contribution in [0, 0.1) is 0 Å². The maximum absolute atomic E-state index is 13.7. The lowest BCUT2D eigenvalue weighted by Gasteiger charge is -2.19. The van der Waals surface area contributed by atoms with Gasteiger partial charge in [0.25, 0.3) is 11.5 Å². The lowest BCUT2D eigenvalue weighted by molar-refractivity contribution is -0.0898. The first-order valence-electron chi connectivity index (χ1n) is 5.49. The zero-order chi connectivity index (χ0) is 13.6. The van der Waals surface area contributed by atoms with Crippen molar-refractivity contribution in [1.29, 1.82) is 0 Å². The Kier molecular flexibility index (Phi) is 2.79. The molecule has 1 atom stereocenters. The van der Waals surface area contributed by atoms with E-state index >= 15 is 0 Å². The Hall–Kier alpha value is -1.66. The van der Waals surface area contributed by atoms with Gasteiger partial charge in [0, 0.05) is 7.05 Å². The van der Waals surface area contributed by atoms with Crippen molar-refractivity contribution < 1.29 is 13.2 Å². The molecule has 1 unspecified atom stereocenters. The number of nitrogens with one attached hydrogen (secondary N) is 2. The van der Waals surface area contributed by atoms with Gasteiger partial charge in [0.2, 0.25) is 0 Å². The molecule has 1 aliphatic rings. The van der Waals surface area contributed by atoms with Crippen molar-refractivity contribution in [2.45, 2.75) is 18.5 Å². The molecule has 4 nitrogen and oxygen atoms in total. The minimum atomic E-state index is -3.43. The van der Waals surface area contributed by atoms with E-state index in [0.29, 0.717) is 5.69 Å². The third-order valence-corrected chi connectivity index (χ3v) is 3.14. The smallest absolute Gasteiger partial charge is 0.299 e. The quantitative estimate of drug-likeness (QED) is 0.850. The molecule has 0 spiro atoms. The number of alkyl halides is 3.